The molecule has 140 valence electrons. The smallest absolute Gasteiger partial charge is 0.350 e. The third-order valence-electron chi connectivity index (χ3n) is 4.09. The fourth-order valence-electron chi connectivity index (χ4n) is 2.67. The zero-order chi connectivity index (χ0) is 19.4. The van der Waals surface area contributed by atoms with Crippen LogP contribution in [0.15, 0.2) is 35.0 Å². The molecule has 0 radical (unpaired) electrons. The number of carbonyl (C=O) groups excluding carboxylic acids is 2. The van der Waals surface area contributed by atoms with Gasteiger partial charge in [-0.15, -0.1) is 11.3 Å². The number of hydrogen-bond acceptors (Lipinski definition) is 6. The van der Waals surface area contributed by atoms with E-state index in [0.29, 0.717) is 10.6 Å². The Morgan fingerprint density at radius 3 is 2.74 bits per heavy atom. The second-order valence-electron chi connectivity index (χ2n) is 6.03. The number of nitrogens with zero attached hydrogens (tertiary/aromatic N) is 1. The van der Waals surface area contributed by atoms with Gasteiger partial charge in [0, 0.05) is 16.6 Å². The highest BCUT2D eigenvalue weighted by Gasteiger charge is 2.19. The van der Waals surface area contributed by atoms with E-state index in [4.69, 9.17) is 4.74 Å². The van der Waals surface area contributed by atoms with Crippen LogP contribution in [0.2, 0.25) is 0 Å². The molecule has 3 rings (SSSR count). The van der Waals surface area contributed by atoms with Gasteiger partial charge in [0.1, 0.15) is 9.88 Å². The van der Waals surface area contributed by atoms with Crippen LogP contribution in [-0.4, -0.2) is 23.5 Å². The summed E-state index contributed by atoms with van der Waals surface area (Å²) >= 11 is 2.85. The van der Waals surface area contributed by atoms with Crippen LogP contribution in [0.5, 0.6) is 0 Å². The number of esters is 1. The fraction of sp³-hybridized carbons (Fsp3) is 0.250. The van der Waals surface area contributed by atoms with Crippen molar-refractivity contribution in [3.05, 3.63) is 56.7 Å². The molecule has 0 atom stereocenters. The van der Waals surface area contributed by atoms with Crippen molar-refractivity contribution in [1.29, 1.82) is 0 Å². The number of aryl methyl sites for hydroxylation is 3. The molecule has 0 aliphatic rings. The zero-order valence-electron chi connectivity index (χ0n) is 15.4. The highest BCUT2D eigenvalue weighted by molar-refractivity contribution is 7.17. The molecule has 0 saturated carbocycles. The van der Waals surface area contributed by atoms with Crippen molar-refractivity contribution in [1.82, 2.24) is 4.98 Å². The molecule has 0 aliphatic carbocycles. The van der Waals surface area contributed by atoms with E-state index >= 15 is 0 Å². The van der Waals surface area contributed by atoms with E-state index in [0.717, 1.165) is 33.8 Å². The number of thiophene rings is 1. The molecule has 0 fully saturated rings. The predicted octanol–water partition coefficient (Wildman–Crippen LogP) is 4.85. The summed E-state index contributed by atoms with van der Waals surface area (Å²) in [4.78, 5) is 29.5. The average molecular weight is 401 g/mol. The molecule has 3 aromatic rings. The lowest BCUT2D eigenvalue weighted by molar-refractivity contribution is -0.119. The number of ether oxygens (including phenoxy) is 1. The molecule has 2 heterocycles. The summed E-state index contributed by atoms with van der Waals surface area (Å²) < 4.78 is 5.21. The molecule has 0 bridgehead atoms. The number of aromatic nitrogens is 1. The van der Waals surface area contributed by atoms with Crippen LogP contribution in [-0.2, 0) is 16.0 Å². The Balaban J connectivity index is 1.64. The zero-order valence-corrected chi connectivity index (χ0v) is 17.0. The first-order chi connectivity index (χ1) is 13.0. The Bertz CT molecular complexity index is 962. The van der Waals surface area contributed by atoms with Crippen LogP contribution in [0.1, 0.15) is 33.4 Å². The predicted molar refractivity (Wildman–Crippen MR) is 110 cm³/mol. The van der Waals surface area contributed by atoms with Crippen molar-refractivity contribution >= 4 is 40.2 Å². The van der Waals surface area contributed by atoms with Gasteiger partial charge in [-0.25, -0.2) is 9.78 Å². The normalized spacial score (nSPS) is 10.6. The van der Waals surface area contributed by atoms with Crippen molar-refractivity contribution in [3.8, 4) is 10.6 Å². The van der Waals surface area contributed by atoms with Crippen LogP contribution < -0.4 is 5.32 Å². The van der Waals surface area contributed by atoms with Crippen molar-refractivity contribution in [2.75, 3.05) is 11.9 Å². The minimum absolute atomic E-state index is 0.332. The molecule has 0 saturated heterocycles. The Kier molecular flexibility index (Phi) is 6.03. The number of carbonyl (C=O) groups is 2. The van der Waals surface area contributed by atoms with Gasteiger partial charge in [0.15, 0.2) is 6.61 Å². The lowest BCUT2D eigenvalue weighted by atomic mass is 10.1. The number of rotatable bonds is 6. The van der Waals surface area contributed by atoms with E-state index in [1.165, 1.54) is 11.3 Å². The molecule has 1 amide bonds. The molecule has 7 heteroatoms. The summed E-state index contributed by atoms with van der Waals surface area (Å²) in [5, 5.41) is 7.57. The van der Waals surface area contributed by atoms with Crippen LogP contribution in [0.3, 0.4) is 0 Å². The summed E-state index contributed by atoms with van der Waals surface area (Å²) in [5.41, 5.74) is 4.41. The number of para-hydroxylation sites is 1. The minimum Gasteiger partial charge on any atom is -0.451 e. The van der Waals surface area contributed by atoms with Crippen molar-refractivity contribution in [3.63, 3.8) is 0 Å². The summed E-state index contributed by atoms with van der Waals surface area (Å²) in [6.07, 6.45) is 0.808. The number of nitrogens with one attached hydrogen (secondary N) is 1. The molecule has 0 aliphatic heterocycles. The van der Waals surface area contributed by atoms with E-state index in [1.807, 2.05) is 48.9 Å². The van der Waals surface area contributed by atoms with Crippen molar-refractivity contribution in [2.45, 2.75) is 27.2 Å². The highest BCUT2D eigenvalue weighted by atomic mass is 32.1. The summed E-state index contributed by atoms with van der Waals surface area (Å²) in [6.45, 7) is 5.40. The van der Waals surface area contributed by atoms with Gasteiger partial charge in [-0.1, -0.05) is 25.1 Å². The van der Waals surface area contributed by atoms with Crippen molar-refractivity contribution in [2.24, 2.45) is 0 Å². The Hall–Kier alpha value is -2.51. The standard InChI is InChI=1S/C20H20N2O3S2/c1-4-14-7-5-6-12(2)17(14)22-16(23)10-25-20(24)18-13(3)21-19(27-18)15-8-9-26-11-15/h5-9,11H,4,10H2,1-3H3,(H,22,23). The molecule has 5 nitrogen and oxygen atoms in total. The molecule has 0 unspecified atom stereocenters. The van der Waals surface area contributed by atoms with Gasteiger partial charge in [-0.05, 0) is 42.8 Å². The van der Waals surface area contributed by atoms with Gasteiger partial charge in [0.05, 0.1) is 5.69 Å². The first kappa shape index (κ1) is 19.3. The molecular formula is C20H20N2O3S2. The van der Waals surface area contributed by atoms with Crippen LogP contribution in [0.4, 0.5) is 5.69 Å². The summed E-state index contributed by atoms with van der Waals surface area (Å²) in [7, 11) is 0. The van der Waals surface area contributed by atoms with Crippen LogP contribution in [0, 0.1) is 13.8 Å². The van der Waals surface area contributed by atoms with Gasteiger partial charge >= 0.3 is 5.97 Å². The number of amides is 1. The minimum atomic E-state index is -0.526. The van der Waals surface area contributed by atoms with E-state index in [1.54, 1.807) is 18.3 Å². The molecule has 1 N–H and O–H groups in total. The second kappa shape index (κ2) is 8.45. The summed E-state index contributed by atoms with van der Waals surface area (Å²) in [6, 6.07) is 7.83. The molecule has 0 spiro atoms. The van der Waals surface area contributed by atoms with E-state index in [9.17, 15) is 9.59 Å². The SMILES string of the molecule is CCc1cccc(C)c1NC(=O)COC(=O)c1sc(-c2ccsc2)nc1C. The first-order valence-corrected chi connectivity index (χ1v) is 10.3. The Morgan fingerprint density at radius 2 is 2.04 bits per heavy atom. The van der Waals surface area contributed by atoms with Gasteiger partial charge in [-0.3, -0.25) is 4.79 Å². The van der Waals surface area contributed by atoms with E-state index < -0.39 is 5.97 Å². The lowest BCUT2D eigenvalue weighted by Crippen LogP contribution is -2.22. The third-order valence-corrected chi connectivity index (χ3v) is 5.96. The van der Waals surface area contributed by atoms with Gasteiger partial charge < -0.3 is 10.1 Å². The maximum atomic E-state index is 12.4. The highest BCUT2D eigenvalue weighted by Crippen LogP contribution is 2.29. The fourth-order valence-corrected chi connectivity index (χ4v) is 4.34. The number of hydrogen-bond donors (Lipinski definition) is 1. The summed E-state index contributed by atoms with van der Waals surface area (Å²) in [5.74, 6) is -0.880. The topological polar surface area (TPSA) is 68.3 Å². The number of benzene rings is 1. The van der Waals surface area contributed by atoms with Crippen molar-refractivity contribution < 1.29 is 14.3 Å². The number of anilines is 1. The Morgan fingerprint density at radius 1 is 1.22 bits per heavy atom. The monoisotopic (exact) mass is 400 g/mol. The van der Waals surface area contributed by atoms with E-state index in [2.05, 4.69) is 10.3 Å². The van der Waals surface area contributed by atoms with Crippen LogP contribution >= 0.6 is 22.7 Å². The van der Waals surface area contributed by atoms with Crippen LogP contribution in [0.25, 0.3) is 10.6 Å². The van der Waals surface area contributed by atoms with Gasteiger partial charge in [0.25, 0.3) is 5.91 Å². The quantitative estimate of drug-likeness (QED) is 0.601. The largest absolute Gasteiger partial charge is 0.451 e. The first-order valence-electron chi connectivity index (χ1n) is 8.55. The van der Waals surface area contributed by atoms with Gasteiger partial charge in [0.2, 0.25) is 0 Å². The molecular weight excluding hydrogens is 380 g/mol. The lowest BCUT2D eigenvalue weighted by Gasteiger charge is -2.13. The third kappa shape index (κ3) is 4.43. The maximum Gasteiger partial charge on any atom is 0.350 e. The number of thiazole rings is 1. The second-order valence-corrected chi connectivity index (χ2v) is 7.81. The average Bonchev–Trinajstić information content (AvgIpc) is 3.31. The maximum absolute atomic E-state index is 12.4. The molecule has 2 aromatic heterocycles. The van der Waals surface area contributed by atoms with Gasteiger partial charge in [-0.2, -0.15) is 11.3 Å². The molecule has 27 heavy (non-hydrogen) atoms. The van der Waals surface area contributed by atoms with E-state index in [-0.39, 0.29) is 12.5 Å². The Labute approximate surface area is 166 Å². The molecule has 1 aromatic carbocycles.